The average molecular weight is 292 g/mol. The van der Waals surface area contributed by atoms with Crippen LogP contribution in [0.15, 0.2) is 17.2 Å². The molecule has 3 heterocycles. The van der Waals surface area contributed by atoms with Crippen molar-refractivity contribution < 1.29 is 5.11 Å². The van der Waals surface area contributed by atoms with Crippen LogP contribution in [0.1, 0.15) is 12.1 Å². The first-order valence-corrected chi connectivity index (χ1v) is 7.02. The molecule has 2 aromatic heterocycles. The first kappa shape index (κ1) is 14.2. The number of H-pyrrole nitrogens is 1. The van der Waals surface area contributed by atoms with Gasteiger partial charge < -0.3 is 10.0 Å². The van der Waals surface area contributed by atoms with Crippen LogP contribution in [0.4, 0.5) is 0 Å². The van der Waals surface area contributed by atoms with E-state index < -0.39 is 0 Å². The summed E-state index contributed by atoms with van der Waals surface area (Å²) < 4.78 is 1.31. The van der Waals surface area contributed by atoms with Crippen LogP contribution in [-0.4, -0.2) is 73.8 Å². The van der Waals surface area contributed by atoms with Crippen LogP contribution < -0.4 is 5.56 Å². The number of rotatable bonds is 4. The maximum absolute atomic E-state index is 11.9. The molecule has 0 radical (unpaired) electrons. The van der Waals surface area contributed by atoms with E-state index in [4.69, 9.17) is 0 Å². The summed E-state index contributed by atoms with van der Waals surface area (Å²) in [5.74, 6) is 0.376. The van der Waals surface area contributed by atoms with Crippen molar-refractivity contribution in [1.29, 1.82) is 0 Å². The molecular formula is C13H20N6O2. The average Bonchev–Trinajstić information content (AvgIpc) is 2.96. The Bertz CT molecular complexity index is 679. The van der Waals surface area contributed by atoms with Crippen molar-refractivity contribution in [1.82, 2.24) is 29.4 Å². The maximum Gasteiger partial charge on any atom is 0.274 e. The number of aromatic nitrogens is 4. The highest BCUT2D eigenvalue weighted by molar-refractivity contribution is 5.26. The number of nitrogens with one attached hydrogen (secondary N) is 1. The number of aromatic amines is 1. The van der Waals surface area contributed by atoms with Crippen molar-refractivity contribution in [2.75, 3.05) is 27.2 Å². The van der Waals surface area contributed by atoms with E-state index in [-0.39, 0.29) is 17.7 Å². The minimum atomic E-state index is -0.315. The molecule has 1 fully saturated rings. The second kappa shape index (κ2) is 5.55. The number of likely N-dealkylation sites (tertiary alicyclic amines) is 1. The highest BCUT2D eigenvalue weighted by Gasteiger charge is 2.31. The molecule has 1 saturated heterocycles. The van der Waals surface area contributed by atoms with E-state index in [1.807, 2.05) is 14.1 Å². The summed E-state index contributed by atoms with van der Waals surface area (Å²) in [6.45, 7) is 2.04. The Morgan fingerprint density at radius 3 is 3.10 bits per heavy atom. The van der Waals surface area contributed by atoms with E-state index in [1.165, 1.54) is 16.9 Å². The molecule has 0 spiro atoms. The number of likely N-dealkylation sites (N-methyl/N-ethyl adjacent to an activating group) is 1. The van der Waals surface area contributed by atoms with Gasteiger partial charge in [0, 0.05) is 31.7 Å². The molecule has 2 unspecified atom stereocenters. The van der Waals surface area contributed by atoms with Gasteiger partial charge in [-0.1, -0.05) is 0 Å². The van der Waals surface area contributed by atoms with Crippen LogP contribution in [0.3, 0.4) is 0 Å². The molecule has 0 aliphatic carbocycles. The highest BCUT2D eigenvalue weighted by Crippen LogP contribution is 2.20. The Balaban J connectivity index is 1.81. The van der Waals surface area contributed by atoms with Gasteiger partial charge in [0.25, 0.3) is 11.3 Å². The summed E-state index contributed by atoms with van der Waals surface area (Å²) >= 11 is 0. The fourth-order valence-corrected chi connectivity index (χ4v) is 2.92. The Morgan fingerprint density at radius 2 is 2.33 bits per heavy atom. The van der Waals surface area contributed by atoms with E-state index >= 15 is 0 Å². The second-order valence-corrected chi connectivity index (χ2v) is 5.84. The zero-order valence-electron chi connectivity index (χ0n) is 12.2. The van der Waals surface area contributed by atoms with Crippen molar-refractivity contribution >= 4 is 5.78 Å². The fraction of sp³-hybridized carbons (Fsp3) is 0.615. The van der Waals surface area contributed by atoms with E-state index in [9.17, 15) is 9.90 Å². The normalized spacial score (nSPS) is 23.4. The molecule has 0 amide bonds. The van der Waals surface area contributed by atoms with Crippen LogP contribution in [0, 0.1) is 0 Å². The van der Waals surface area contributed by atoms with Crippen molar-refractivity contribution in [3.8, 4) is 0 Å². The van der Waals surface area contributed by atoms with Gasteiger partial charge in [-0.05, 0) is 20.5 Å². The van der Waals surface area contributed by atoms with E-state index in [0.29, 0.717) is 24.6 Å². The van der Waals surface area contributed by atoms with Gasteiger partial charge in [-0.25, -0.2) is 9.97 Å². The lowest BCUT2D eigenvalue weighted by molar-refractivity contribution is 0.168. The lowest BCUT2D eigenvalue weighted by Gasteiger charge is -2.26. The molecular weight excluding hydrogens is 272 g/mol. The number of β-amino-alcohol motifs (C(OH)–C–C–N with tert-alkyl or cyclic N) is 1. The van der Waals surface area contributed by atoms with Gasteiger partial charge in [0.2, 0.25) is 0 Å². The first-order valence-electron chi connectivity index (χ1n) is 7.02. The zero-order chi connectivity index (χ0) is 15.0. The molecule has 3 rings (SSSR count). The number of hydrogen-bond acceptors (Lipinski definition) is 6. The molecule has 114 valence electrons. The van der Waals surface area contributed by atoms with Crippen LogP contribution in [0.5, 0.6) is 0 Å². The number of hydrogen-bond donors (Lipinski definition) is 2. The van der Waals surface area contributed by atoms with Gasteiger partial charge in [0.15, 0.2) is 0 Å². The number of fused-ring (bicyclic) bond motifs is 1. The Labute approximate surface area is 122 Å². The predicted molar refractivity (Wildman–Crippen MR) is 77.0 cm³/mol. The van der Waals surface area contributed by atoms with Gasteiger partial charge in [0.05, 0.1) is 11.8 Å². The third-order valence-corrected chi connectivity index (χ3v) is 3.77. The minimum Gasteiger partial charge on any atom is -0.392 e. The molecule has 1 aliphatic heterocycles. The van der Waals surface area contributed by atoms with Crippen LogP contribution >= 0.6 is 0 Å². The molecule has 2 aromatic rings. The molecule has 0 aromatic carbocycles. The van der Waals surface area contributed by atoms with Gasteiger partial charge in [-0.3, -0.25) is 14.8 Å². The molecule has 0 bridgehead atoms. The zero-order valence-corrected chi connectivity index (χ0v) is 12.2. The first-order chi connectivity index (χ1) is 10.0. The van der Waals surface area contributed by atoms with Gasteiger partial charge in [0.1, 0.15) is 6.33 Å². The Morgan fingerprint density at radius 1 is 1.52 bits per heavy atom. The SMILES string of the molecule is CN(C)CC1CC(O)CN1Cc1cc(=O)n2[nH]cnc2n1. The maximum atomic E-state index is 11.9. The fourth-order valence-electron chi connectivity index (χ4n) is 2.92. The standard InChI is InChI=1S/C13H20N6O2/c1-17(2)6-10-4-11(20)7-18(10)5-9-3-12(21)19-13(16-9)14-8-15-19/h3,8,10-11,20H,4-7H2,1-2H3,(H,14,15,16). The highest BCUT2D eigenvalue weighted by atomic mass is 16.3. The quantitative estimate of drug-likeness (QED) is 0.744. The molecule has 2 N–H and O–H groups in total. The summed E-state index contributed by atoms with van der Waals surface area (Å²) in [6.07, 6.45) is 1.88. The molecule has 8 heteroatoms. The van der Waals surface area contributed by atoms with Crippen molar-refractivity contribution in [2.24, 2.45) is 0 Å². The summed E-state index contributed by atoms with van der Waals surface area (Å²) in [5.41, 5.74) is 0.515. The lowest BCUT2D eigenvalue weighted by atomic mass is 10.2. The van der Waals surface area contributed by atoms with Gasteiger partial charge in [-0.2, -0.15) is 4.52 Å². The van der Waals surface area contributed by atoms with Crippen LogP contribution in [0.25, 0.3) is 5.78 Å². The molecule has 8 nitrogen and oxygen atoms in total. The summed E-state index contributed by atoms with van der Waals surface area (Å²) in [6, 6.07) is 1.79. The van der Waals surface area contributed by atoms with Crippen molar-refractivity contribution in [2.45, 2.75) is 25.1 Å². The number of aliphatic hydroxyl groups excluding tert-OH is 1. The summed E-state index contributed by atoms with van der Waals surface area (Å²) in [7, 11) is 4.03. The van der Waals surface area contributed by atoms with Crippen molar-refractivity contribution in [3.63, 3.8) is 0 Å². The molecule has 2 atom stereocenters. The lowest BCUT2D eigenvalue weighted by Crippen LogP contribution is -2.37. The summed E-state index contributed by atoms with van der Waals surface area (Å²) in [4.78, 5) is 24.6. The topological polar surface area (TPSA) is 89.8 Å². The van der Waals surface area contributed by atoms with Crippen LogP contribution in [-0.2, 0) is 6.54 Å². The van der Waals surface area contributed by atoms with E-state index in [1.54, 1.807) is 0 Å². The Kier molecular flexibility index (Phi) is 3.75. The largest absolute Gasteiger partial charge is 0.392 e. The minimum absolute atomic E-state index is 0.170. The van der Waals surface area contributed by atoms with Gasteiger partial charge >= 0.3 is 0 Å². The van der Waals surface area contributed by atoms with E-state index in [2.05, 4.69) is 24.9 Å². The number of nitrogens with zero attached hydrogens (tertiary/aromatic N) is 5. The van der Waals surface area contributed by atoms with Crippen LogP contribution in [0.2, 0.25) is 0 Å². The van der Waals surface area contributed by atoms with Crippen molar-refractivity contribution in [3.05, 3.63) is 28.4 Å². The predicted octanol–water partition coefficient (Wildman–Crippen LogP) is -1.09. The van der Waals surface area contributed by atoms with E-state index in [0.717, 1.165) is 13.0 Å². The summed E-state index contributed by atoms with van der Waals surface area (Å²) in [5, 5.41) is 12.6. The second-order valence-electron chi connectivity index (χ2n) is 5.84. The van der Waals surface area contributed by atoms with Gasteiger partial charge in [-0.15, -0.1) is 0 Å². The number of aliphatic hydroxyl groups is 1. The Hall–Kier alpha value is -1.77. The third-order valence-electron chi connectivity index (χ3n) is 3.77. The monoisotopic (exact) mass is 292 g/mol. The molecule has 1 aliphatic rings. The smallest absolute Gasteiger partial charge is 0.274 e. The molecule has 0 saturated carbocycles. The molecule has 21 heavy (non-hydrogen) atoms. The third kappa shape index (κ3) is 2.97.